The molecule has 0 saturated carbocycles. The summed E-state index contributed by atoms with van der Waals surface area (Å²) in [6.45, 7) is 3.91. The van der Waals surface area contributed by atoms with Gasteiger partial charge in [0.05, 0.1) is 13.5 Å². The maximum absolute atomic E-state index is 11.1. The van der Waals surface area contributed by atoms with Gasteiger partial charge in [-0.3, -0.25) is 4.79 Å². The Hall–Kier alpha value is -1.02. The first-order chi connectivity index (χ1) is 6.54. The highest BCUT2D eigenvalue weighted by Gasteiger charge is 2.10. The van der Waals surface area contributed by atoms with Gasteiger partial charge in [-0.1, -0.05) is 17.7 Å². The second-order valence-electron chi connectivity index (χ2n) is 3.30. The molecule has 0 heterocycles. The van der Waals surface area contributed by atoms with E-state index < -0.39 is 0 Å². The average molecular weight is 213 g/mol. The lowest BCUT2D eigenvalue weighted by Crippen LogP contribution is -2.06. The Kier molecular flexibility index (Phi) is 3.53. The maximum atomic E-state index is 11.1. The van der Waals surface area contributed by atoms with Gasteiger partial charge in [-0.2, -0.15) is 0 Å². The van der Waals surface area contributed by atoms with E-state index in [1.54, 1.807) is 0 Å². The fourth-order valence-electron chi connectivity index (χ4n) is 1.39. The molecule has 0 fully saturated rings. The number of methoxy groups -OCH3 is 1. The third kappa shape index (κ3) is 2.48. The van der Waals surface area contributed by atoms with Crippen LogP contribution < -0.4 is 0 Å². The summed E-state index contributed by atoms with van der Waals surface area (Å²) < 4.78 is 4.60. The number of halogens is 1. The topological polar surface area (TPSA) is 26.3 Å². The maximum Gasteiger partial charge on any atom is 0.310 e. The molecule has 2 nitrogen and oxygen atoms in total. The van der Waals surface area contributed by atoms with Gasteiger partial charge < -0.3 is 4.74 Å². The molecule has 1 rings (SSSR count). The van der Waals surface area contributed by atoms with Crippen LogP contribution in [0.1, 0.15) is 16.7 Å². The number of rotatable bonds is 2. The van der Waals surface area contributed by atoms with E-state index in [0.717, 1.165) is 16.7 Å². The average Bonchev–Trinajstić information content (AvgIpc) is 2.10. The van der Waals surface area contributed by atoms with E-state index in [9.17, 15) is 4.79 Å². The quantitative estimate of drug-likeness (QED) is 0.705. The Bertz CT molecular complexity index is 335. The molecule has 0 saturated heterocycles. The van der Waals surface area contributed by atoms with Crippen molar-refractivity contribution in [3.8, 4) is 0 Å². The van der Waals surface area contributed by atoms with Crippen LogP contribution in [0.25, 0.3) is 0 Å². The first kappa shape index (κ1) is 11.1. The van der Waals surface area contributed by atoms with Crippen molar-refractivity contribution < 1.29 is 9.53 Å². The molecule has 0 spiro atoms. The molecule has 0 bridgehead atoms. The molecule has 0 radical (unpaired) electrons. The molecule has 0 unspecified atom stereocenters. The second kappa shape index (κ2) is 4.47. The van der Waals surface area contributed by atoms with Gasteiger partial charge in [0.15, 0.2) is 0 Å². The molecule has 14 heavy (non-hydrogen) atoms. The number of benzene rings is 1. The Morgan fingerprint density at radius 3 is 2.57 bits per heavy atom. The van der Waals surface area contributed by atoms with E-state index in [1.807, 2.05) is 26.0 Å². The van der Waals surface area contributed by atoms with Crippen LogP contribution in [0.2, 0.25) is 5.02 Å². The fourth-order valence-corrected chi connectivity index (χ4v) is 1.77. The largest absolute Gasteiger partial charge is 0.469 e. The van der Waals surface area contributed by atoms with Gasteiger partial charge in [0.2, 0.25) is 0 Å². The van der Waals surface area contributed by atoms with Crippen molar-refractivity contribution in [3.63, 3.8) is 0 Å². The number of carbonyl (C=O) groups excluding carboxylic acids is 1. The lowest BCUT2D eigenvalue weighted by atomic mass is 10.0. The number of ether oxygens (including phenoxy) is 1. The van der Waals surface area contributed by atoms with Gasteiger partial charge in [-0.15, -0.1) is 0 Å². The zero-order chi connectivity index (χ0) is 10.7. The monoisotopic (exact) mass is 212 g/mol. The Morgan fingerprint density at radius 1 is 1.43 bits per heavy atom. The van der Waals surface area contributed by atoms with Crippen molar-refractivity contribution in [3.05, 3.63) is 33.8 Å². The van der Waals surface area contributed by atoms with E-state index in [-0.39, 0.29) is 12.4 Å². The number of esters is 1. The summed E-state index contributed by atoms with van der Waals surface area (Å²) in [5.74, 6) is -0.265. The SMILES string of the molecule is COC(=O)Cc1c(C)cc(C)cc1Cl. The van der Waals surface area contributed by atoms with Crippen LogP contribution in [0.4, 0.5) is 0 Å². The highest BCUT2D eigenvalue weighted by atomic mass is 35.5. The second-order valence-corrected chi connectivity index (χ2v) is 3.70. The predicted octanol–water partition coefficient (Wildman–Crippen LogP) is 2.67. The summed E-state index contributed by atoms with van der Waals surface area (Å²) in [6.07, 6.45) is 0.238. The number of hydrogen-bond donors (Lipinski definition) is 0. The molecule has 1 aromatic carbocycles. The van der Waals surface area contributed by atoms with Crippen molar-refractivity contribution in [2.24, 2.45) is 0 Å². The standard InChI is InChI=1S/C11H13ClO2/c1-7-4-8(2)9(10(12)5-7)6-11(13)14-3/h4-5H,6H2,1-3H3. The third-order valence-corrected chi connectivity index (χ3v) is 2.45. The van der Waals surface area contributed by atoms with Crippen LogP contribution in [0.15, 0.2) is 12.1 Å². The summed E-state index contributed by atoms with van der Waals surface area (Å²) in [7, 11) is 1.37. The predicted molar refractivity (Wildman–Crippen MR) is 56.6 cm³/mol. The van der Waals surface area contributed by atoms with Crippen molar-refractivity contribution in [2.75, 3.05) is 7.11 Å². The van der Waals surface area contributed by atoms with Crippen LogP contribution >= 0.6 is 11.6 Å². The fraction of sp³-hybridized carbons (Fsp3) is 0.364. The molecule has 0 amide bonds. The molecule has 0 aliphatic rings. The number of aryl methyl sites for hydroxylation is 2. The zero-order valence-electron chi connectivity index (χ0n) is 8.56. The molecular formula is C11H13ClO2. The summed E-state index contributed by atoms with van der Waals surface area (Å²) in [5.41, 5.74) is 2.98. The smallest absolute Gasteiger partial charge is 0.310 e. The van der Waals surface area contributed by atoms with E-state index in [0.29, 0.717) is 5.02 Å². The molecule has 76 valence electrons. The van der Waals surface area contributed by atoms with Crippen molar-refractivity contribution in [1.29, 1.82) is 0 Å². The molecule has 0 aliphatic carbocycles. The number of hydrogen-bond acceptors (Lipinski definition) is 2. The molecule has 3 heteroatoms. The highest BCUT2D eigenvalue weighted by Crippen LogP contribution is 2.22. The molecule has 0 aromatic heterocycles. The normalized spacial score (nSPS) is 10.0. The first-order valence-electron chi connectivity index (χ1n) is 4.37. The van der Waals surface area contributed by atoms with Crippen LogP contribution in [0, 0.1) is 13.8 Å². The lowest BCUT2D eigenvalue weighted by molar-refractivity contribution is -0.139. The van der Waals surface area contributed by atoms with E-state index in [4.69, 9.17) is 11.6 Å². The molecular weight excluding hydrogens is 200 g/mol. The lowest BCUT2D eigenvalue weighted by Gasteiger charge is -2.08. The van der Waals surface area contributed by atoms with Gasteiger partial charge in [0.1, 0.15) is 0 Å². The van der Waals surface area contributed by atoms with E-state index >= 15 is 0 Å². The Morgan fingerprint density at radius 2 is 2.07 bits per heavy atom. The summed E-state index contributed by atoms with van der Waals surface area (Å²) in [4.78, 5) is 11.1. The van der Waals surface area contributed by atoms with Gasteiger partial charge in [-0.25, -0.2) is 0 Å². The molecule has 0 N–H and O–H groups in total. The molecule has 0 atom stereocenters. The Labute approximate surface area is 88.8 Å². The van der Waals surface area contributed by atoms with Crippen molar-refractivity contribution in [2.45, 2.75) is 20.3 Å². The van der Waals surface area contributed by atoms with Gasteiger partial charge in [-0.05, 0) is 36.6 Å². The minimum atomic E-state index is -0.265. The van der Waals surface area contributed by atoms with Crippen LogP contribution in [-0.4, -0.2) is 13.1 Å². The summed E-state index contributed by atoms with van der Waals surface area (Å²) >= 11 is 6.03. The van der Waals surface area contributed by atoms with Gasteiger partial charge in [0, 0.05) is 5.02 Å². The van der Waals surface area contributed by atoms with Crippen LogP contribution in [0.5, 0.6) is 0 Å². The third-order valence-electron chi connectivity index (χ3n) is 2.11. The number of carbonyl (C=O) groups is 1. The summed E-state index contributed by atoms with van der Waals surface area (Å²) in [6, 6.07) is 3.86. The first-order valence-corrected chi connectivity index (χ1v) is 4.75. The minimum Gasteiger partial charge on any atom is -0.469 e. The van der Waals surface area contributed by atoms with Crippen LogP contribution in [0.3, 0.4) is 0 Å². The molecule has 0 aliphatic heterocycles. The highest BCUT2D eigenvalue weighted by molar-refractivity contribution is 6.31. The van der Waals surface area contributed by atoms with Gasteiger partial charge >= 0.3 is 5.97 Å². The molecule has 1 aromatic rings. The summed E-state index contributed by atoms with van der Waals surface area (Å²) in [5, 5.41) is 0.632. The van der Waals surface area contributed by atoms with Crippen molar-refractivity contribution >= 4 is 17.6 Å². The zero-order valence-corrected chi connectivity index (χ0v) is 9.31. The van der Waals surface area contributed by atoms with Crippen molar-refractivity contribution in [1.82, 2.24) is 0 Å². The van der Waals surface area contributed by atoms with Gasteiger partial charge in [0.25, 0.3) is 0 Å². The Balaban J connectivity index is 3.02. The minimum absolute atomic E-state index is 0.238. The van der Waals surface area contributed by atoms with E-state index in [2.05, 4.69) is 4.74 Å². The van der Waals surface area contributed by atoms with E-state index in [1.165, 1.54) is 7.11 Å². The van der Waals surface area contributed by atoms with Crippen LogP contribution in [-0.2, 0) is 16.0 Å².